The number of nitrogen functional groups attached to an aromatic ring is 1. The third kappa shape index (κ3) is 2.39. The molecular weight excluding hydrogens is 346 g/mol. The Morgan fingerprint density at radius 1 is 0.963 bits per heavy atom. The van der Waals surface area contributed by atoms with E-state index in [-0.39, 0.29) is 5.65 Å². The first-order valence-electron chi connectivity index (χ1n) is 8.35. The Hall–Kier alpha value is -3.62. The number of benzene rings is 1. The number of fused-ring (bicyclic) bond motifs is 1. The summed E-state index contributed by atoms with van der Waals surface area (Å²) in [7, 11) is 4.71. The lowest BCUT2D eigenvalue weighted by Crippen LogP contribution is -2.37. The van der Waals surface area contributed by atoms with Gasteiger partial charge in [0.15, 0.2) is 11.2 Å². The standard InChI is InChI=1S/C18H19N7O2/c1-10-5-7-11(8-6-10)12-9-13(19)25(21-12)17-20-15-14(22(17)2)16(26)24(4)18(27)23(15)3/h5-9H,19H2,1-4H3. The number of nitrogens with two attached hydrogens (primary N) is 1. The van der Waals surface area contributed by atoms with Gasteiger partial charge in [-0.25, -0.2) is 4.79 Å². The topological polar surface area (TPSA) is 106 Å². The molecule has 0 atom stereocenters. The molecule has 138 valence electrons. The Morgan fingerprint density at radius 2 is 1.63 bits per heavy atom. The van der Waals surface area contributed by atoms with Gasteiger partial charge >= 0.3 is 5.69 Å². The van der Waals surface area contributed by atoms with Crippen LogP contribution in [0, 0.1) is 6.92 Å². The largest absolute Gasteiger partial charge is 0.383 e. The first-order valence-corrected chi connectivity index (χ1v) is 8.35. The molecule has 4 rings (SSSR count). The molecule has 0 saturated heterocycles. The summed E-state index contributed by atoms with van der Waals surface area (Å²) in [6.45, 7) is 2.01. The Morgan fingerprint density at radius 3 is 2.30 bits per heavy atom. The molecule has 0 bridgehead atoms. The van der Waals surface area contributed by atoms with Crippen LogP contribution in [0.2, 0.25) is 0 Å². The van der Waals surface area contributed by atoms with E-state index in [0.29, 0.717) is 23.0 Å². The summed E-state index contributed by atoms with van der Waals surface area (Å²) < 4.78 is 5.46. The van der Waals surface area contributed by atoms with Gasteiger partial charge in [0.2, 0.25) is 5.95 Å². The van der Waals surface area contributed by atoms with Crippen molar-refractivity contribution in [2.45, 2.75) is 6.92 Å². The molecule has 27 heavy (non-hydrogen) atoms. The smallest absolute Gasteiger partial charge is 0.332 e. The van der Waals surface area contributed by atoms with Gasteiger partial charge in [-0.3, -0.25) is 13.9 Å². The highest BCUT2D eigenvalue weighted by atomic mass is 16.2. The molecule has 0 spiro atoms. The third-order valence-corrected chi connectivity index (χ3v) is 4.73. The molecule has 3 aromatic heterocycles. The summed E-state index contributed by atoms with van der Waals surface area (Å²) in [5, 5.41) is 4.55. The number of rotatable bonds is 2. The Balaban J connectivity index is 1.96. The molecule has 2 N–H and O–H groups in total. The fourth-order valence-corrected chi connectivity index (χ4v) is 3.12. The normalized spacial score (nSPS) is 11.4. The minimum Gasteiger partial charge on any atom is -0.383 e. The average Bonchev–Trinajstić information content (AvgIpc) is 3.19. The predicted molar refractivity (Wildman–Crippen MR) is 103 cm³/mol. The van der Waals surface area contributed by atoms with E-state index in [0.717, 1.165) is 15.7 Å². The van der Waals surface area contributed by atoms with Crippen molar-refractivity contribution >= 4 is 17.0 Å². The number of nitrogens with zero attached hydrogens (tertiary/aromatic N) is 6. The highest BCUT2D eigenvalue weighted by molar-refractivity contribution is 5.73. The number of hydrogen-bond donors (Lipinski definition) is 1. The van der Waals surface area contributed by atoms with E-state index < -0.39 is 11.2 Å². The molecule has 1 aromatic carbocycles. The molecule has 0 amide bonds. The molecule has 9 nitrogen and oxygen atoms in total. The van der Waals surface area contributed by atoms with Crippen LogP contribution in [0.1, 0.15) is 5.56 Å². The monoisotopic (exact) mass is 365 g/mol. The van der Waals surface area contributed by atoms with Crippen LogP contribution < -0.4 is 17.0 Å². The van der Waals surface area contributed by atoms with Crippen LogP contribution in [0.25, 0.3) is 28.4 Å². The van der Waals surface area contributed by atoms with Gasteiger partial charge in [0, 0.05) is 32.8 Å². The number of imidazole rings is 1. The van der Waals surface area contributed by atoms with Crippen molar-refractivity contribution in [3.05, 3.63) is 56.7 Å². The fraction of sp³-hybridized carbons (Fsp3) is 0.222. The van der Waals surface area contributed by atoms with Crippen molar-refractivity contribution < 1.29 is 0 Å². The quantitative estimate of drug-likeness (QED) is 0.563. The third-order valence-electron chi connectivity index (χ3n) is 4.73. The Kier molecular flexibility index (Phi) is 3.55. The predicted octanol–water partition coefficient (Wildman–Crippen LogP) is 0.714. The second-order valence-electron chi connectivity index (χ2n) is 6.58. The Bertz CT molecular complexity index is 1300. The van der Waals surface area contributed by atoms with Gasteiger partial charge in [-0.05, 0) is 6.92 Å². The van der Waals surface area contributed by atoms with E-state index in [4.69, 9.17) is 5.73 Å². The molecule has 0 aliphatic heterocycles. The van der Waals surface area contributed by atoms with Gasteiger partial charge in [-0.2, -0.15) is 14.8 Å². The molecule has 0 fully saturated rings. The summed E-state index contributed by atoms with van der Waals surface area (Å²) in [5.41, 5.74) is 8.67. The summed E-state index contributed by atoms with van der Waals surface area (Å²) in [4.78, 5) is 29.2. The molecular formula is C18H19N7O2. The number of anilines is 1. The zero-order valence-corrected chi connectivity index (χ0v) is 15.5. The molecule has 9 heteroatoms. The number of aryl methyl sites for hydroxylation is 3. The van der Waals surface area contributed by atoms with E-state index >= 15 is 0 Å². The maximum absolute atomic E-state index is 12.5. The second-order valence-corrected chi connectivity index (χ2v) is 6.58. The lowest BCUT2D eigenvalue weighted by Gasteiger charge is -2.04. The Labute approximate surface area is 153 Å². The zero-order chi connectivity index (χ0) is 19.5. The lowest BCUT2D eigenvalue weighted by molar-refractivity contribution is 0.705. The van der Waals surface area contributed by atoms with Crippen LogP contribution in [0.5, 0.6) is 0 Å². The minimum absolute atomic E-state index is 0.285. The molecule has 0 radical (unpaired) electrons. The number of hydrogen-bond acceptors (Lipinski definition) is 5. The van der Waals surface area contributed by atoms with E-state index in [2.05, 4.69) is 10.1 Å². The van der Waals surface area contributed by atoms with E-state index in [1.54, 1.807) is 24.7 Å². The van der Waals surface area contributed by atoms with Gasteiger partial charge in [-0.15, -0.1) is 0 Å². The second kappa shape index (κ2) is 5.70. The van der Waals surface area contributed by atoms with Gasteiger partial charge < -0.3 is 10.3 Å². The van der Waals surface area contributed by atoms with E-state index in [1.165, 1.54) is 16.3 Å². The van der Waals surface area contributed by atoms with E-state index in [1.807, 2.05) is 31.2 Å². The van der Waals surface area contributed by atoms with Crippen LogP contribution in [-0.2, 0) is 21.1 Å². The van der Waals surface area contributed by atoms with Crippen molar-refractivity contribution in [3.63, 3.8) is 0 Å². The highest BCUT2D eigenvalue weighted by Crippen LogP contribution is 2.23. The number of aromatic nitrogens is 6. The molecule has 0 aliphatic carbocycles. The first kappa shape index (κ1) is 16.8. The summed E-state index contributed by atoms with van der Waals surface area (Å²) in [5.74, 6) is 0.741. The van der Waals surface area contributed by atoms with Gasteiger partial charge in [-0.1, -0.05) is 29.8 Å². The van der Waals surface area contributed by atoms with Crippen molar-refractivity contribution in [1.82, 2.24) is 28.5 Å². The summed E-state index contributed by atoms with van der Waals surface area (Å²) in [6, 6.07) is 9.69. The van der Waals surface area contributed by atoms with E-state index in [9.17, 15) is 9.59 Å². The van der Waals surface area contributed by atoms with Crippen LogP contribution in [0.15, 0.2) is 39.9 Å². The minimum atomic E-state index is -0.439. The van der Waals surface area contributed by atoms with Crippen LogP contribution in [0.3, 0.4) is 0 Å². The van der Waals surface area contributed by atoms with Crippen molar-refractivity contribution in [2.75, 3.05) is 5.73 Å². The van der Waals surface area contributed by atoms with Crippen molar-refractivity contribution in [1.29, 1.82) is 0 Å². The maximum atomic E-state index is 12.5. The fourth-order valence-electron chi connectivity index (χ4n) is 3.12. The van der Waals surface area contributed by atoms with Crippen LogP contribution >= 0.6 is 0 Å². The zero-order valence-electron chi connectivity index (χ0n) is 15.5. The summed E-state index contributed by atoms with van der Waals surface area (Å²) in [6.07, 6.45) is 0. The maximum Gasteiger partial charge on any atom is 0.332 e. The molecule has 0 saturated carbocycles. The summed E-state index contributed by atoms with van der Waals surface area (Å²) >= 11 is 0. The molecule has 0 unspecified atom stereocenters. The first-order chi connectivity index (χ1) is 12.8. The molecule has 0 aliphatic rings. The SMILES string of the molecule is Cc1ccc(-c2cc(N)n(-c3nc4c(c(=O)n(C)c(=O)n4C)n3C)n2)cc1. The molecule has 4 aromatic rings. The van der Waals surface area contributed by atoms with Crippen LogP contribution in [-0.4, -0.2) is 28.5 Å². The average molecular weight is 365 g/mol. The van der Waals surface area contributed by atoms with Gasteiger partial charge in [0.1, 0.15) is 5.82 Å². The molecule has 3 heterocycles. The van der Waals surface area contributed by atoms with Crippen molar-refractivity contribution in [3.8, 4) is 17.2 Å². The van der Waals surface area contributed by atoms with Gasteiger partial charge in [0.05, 0.1) is 5.69 Å². The lowest BCUT2D eigenvalue weighted by atomic mass is 10.1. The van der Waals surface area contributed by atoms with Crippen LogP contribution in [0.4, 0.5) is 5.82 Å². The van der Waals surface area contributed by atoms with Gasteiger partial charge in [0.25, 0.3) is 5.56 Å². The highest BCUT2D eigenvalue weighted by Gasteiger charge is 2.20. The van der Waals surface area contributed by atoms with Crippen molar-refractivity contribution in [2.24, 2.45) is 21.1 Å².